The Morgan fingerprint density at radius 3 is 2.57 bits per heavy atom. The zero-order chi connectivity index (χ0) is 27.0. The van der Waals surface area contributed by atoms with Crippen molar-refractivity contribution in [3.63, 3.8) is 0 Å². The fourth-order valence-electron chi connectivity index (χ4n) is 9.88. The van der Waals surface area contributed by atoms with Gasteiger partial charge < -0.3 is 14.3 Å². The third-order valence-electron chi connectivity index (χ3n) is 13.2. The van der Waals surface area contributed by atoms with E-state index < -0.39 is 8.32 Å². The molecular formula is C33H58O3Si. The highest BCUT2D eigenvalue weighted by molar-refractivity contribution is 6.74. The topological polar surface area (TPSA) is 38.7 Å². The van der Waals surface area contributed by atoms with Gasteiger partial charge in [0.25, 0.3) is 0 Å². The van der Waals surface area contributed by atoms with Gasteiger partial charge in [-0.2, -0.15) is 0 Å². The number of aliphatic hydroxyl groups excluding tert-OH is 1. The molecule has 3 nitrogen and oxygen atoms in total. The lowest BCUT2D eigenvalue weighted by Crippen LogP contribution is -2.52. The molecule has 4 fully saturated rings. The standard InChI is InChI=1S/C33H58O3Si/c1-21(20-34)10-13-28-22(2)30-29(35-28)19-27-25-12-11-23-18-24(36-37(8,9)31(3,4)5)14-16-32(23,6)26(25)15-17-33(27,30)7/h11,21-22,24-30,34H,10,12-20H2,1-9H3/t21-,22-,24+,25-,26+,27+,28-,29+,30+,32+,33+/m1/s1. The predicted octanol–water partition coefficient (Wildman–Crippen LogP) is 8.38. The molecule has 0 aromatic heterocycles. The molecule has 1 aliphatic heterocycles. The van der Waals surface area contributed by atoms with E-state index in [2.05, 4.69) is 67.6 Å². The molecule has 0 unspecified atom stereocenters. The van der Waals surface area contributed by atoms with Crippen LogP contribution in [0, 0.1) is 46.3 Å². The lowest BCUT2D eigenvalue weighted by molar-refractivity contribution is -0.0583. The van der Waals surface area contributed by atoms with Crippen LogP contribution in [0.5, 0.6) is 0 Å². The highest BCUT2D eigenvalue weighted by atomic mass is 28.4. The molecule has 212 valence electrons. The van der Waals surface area contributed by atoms with Gasteiger partial charge in [0.05, 0.1) is 12.2 Å². The summed E-state index contributed by atoms with van der Waals surface area (Å²) in [5.41, 5.74) is 2.56. The van der Waals surface area contributed by atoms with Crippen LogP contribution in [0.3, 0.4) is 0 Å². The lowest BCUT2D eigenvalue weighted by atomic mass is 9.47. The molecule has 0 radical (unpaired) electrons. The average Bonchev–Trinajstić information content (AvgIpc) is 3.29. The van der Waals surface area contributed by atoms with Crippen LogP contribution in [-0.4, -0.2) is 38.3 Å². The minimum atomic E-state index is -1.73. The fourth-order valence-corrected chi connectivity index (χ4v) is 11.3. The van der Waals surface area contributed by atoms with Gasteiger partial charge in [-0.05, 0) is 122 Å². The Balaban J connectivity index is 1.29. The van der Waals surface area contributed by atoms with Crippen LogP contribution in [0.4, 0.5) is 0 Å². The zero-order valence-corrected chi connectivity index (χ0v) is 26.6. The number of allylic oxidation sites excluding steroid dienone is 1. The molecule has 3 saturated carbocycles. The second-order valence-corrected chi connectivity index (χ2v) is 21.0. The van der Waals surface area contributed by atoms with Crippen molar-refractivity contribution in [3.8, 4) is 0 Å². The molecule has 0 spiro atoms. The Bertz CT molecular complexity index is 875. The largest absolute Gasteiger partial charge is 0.414 e. The molecule has 4 heteroatoms. The van der Waals surface area contributed by atoms with Crippen LogP contribution in [-0.2, 0) is 9.16 Å². The van der Waals surface area contributed by atoms with E-state index in [1.165, 1.54) is 44.9 Å². The normalized spacial score (nSPS) is 46.5. The van der Waals surface area contributed by atoms with Gasteiger partial charge in [-0.3, -0.25) is 0 Å². The molecule has 0 aromatic carbocycles. The van der Waals surface area contributed by atoms with Gasteiger partial charge in [-0.25, -0.2) is 0 Å². The number of hydrogen-bond donors (Lipinski definition) is 1. The summed E-state index contributed by atoms with van der Waals surface area (Å²) in [5, 5.41) is 9.77. The van der Waals surface area contributed by atoms with Gasteiger partial charge in [-0.15, -0.1) is 0 Å². The highest BCUT2D eigenvalue weighted by Crippen LogP contribution is 2.69. The summed E-state index contributed by atoms with van der Waals surface area (Å²) >= 11 is 0. The van der Waals surface area contributed by atoms with E-state index in [9.17, 15) is 5.11 Å². The Labute approximate surface area is 229 Å². The van der Waals surface area contributed by atoms with Crippen molar-refractivity contribution in [2.45, 2.75) is 143 Å². The lowest BCUT2D eigenvalue weighted by Gasteiger charge is -2.58. The fraction of sp³-hybridized carbons (Fsp3) is 0.939. The van der Waals surface area contributed by atoms with Crippen molar-refractivity contribution in [3.05, 3.63) is 11.6 Å². The molecule has 1 N–H and O–H groups in total. The van der Waals surface area contributed by atoms with Gasteiger partial charge in [0.15, 0.2) is 8.32 Å². The Kier molecular flexibility index (Phi) is 7.46. The maximum absolute atomic E-state index is 9.49. The first-order valence-electron chi connectivity index (χ1n) is 15.8. The molecule has 5 aliphatic rings. The maximum atomic E-state index is 9.49. The molecule has 37 heavy (non-hydrogen) atoms. The van der Waals surface area contributed by atoms with Gasteiger partial charge in [0.1, 0.15) is 0 Å². The molecule has 1 saturated heterocycles. The van der Waals surface area contributed by atoms with Crippen LogP contribution in [0.2, 0.25) is 18.1 Å². The molecule has 1 heterocycles. The van der Waals surface area contributed by atoms with Crippen LogP contribution in [0.1, 0.15) is 106 Å². The predicted molar refractivity (Wildman–Crippen MR) is 156 cm³/mol. The van der Waals surface area contributed by atoms with Crippen LogP contribution >= 0.6 is 0 Å². The number of ether oxygens (including phenoxy) is 1. The third-order valence-corrected chi connectivity index (χ3v) is 17.7. The summed E-state index contributed by atoms with van der Waals surface area (Å²) in [5.74, 6) is 4.25. The van der Waals surface area contributed by atoms with Gasteiger partial charge in [0, 0.05) is 12.7 Å². The first kappa shape index (κ1) is 28.4. The summed E-state index contributed by atoms with van der Waals surface area (Å²) < 4.78 is 13.8. The molecule has 0 amide bonds. The van der Waals surface area contributed by atoms with E-state index in [4.69, 9.17) is 9.16 Å². The quantitative estimate of drug-likeness (QED) is 0.277. The van der Waals surface area contributed by atoms with Crippen LogP contribution < -0.4 is 0 Å². The zero-order valence-electron chi connectivity index (χ0n) is 25.6. The molecule has 11 atom stereocenters. The van der Waals surface area contributed by atoms with Crippen molar-refractivity contribution in [2.75, 3.05) is 6.61 Å². The number of hydrogen-bond acceptors (Lipinski definition) is 3. The summed E-state index contributed by atoms with van der Waals surface area (Å²) in [7, 11) is -1.73. The van der Waals surface area contributed by atoms with E-state index >= 15 is 0 Å². The van der Waals surface area contributed by atoms with E-state index in [0.29, 0.717) is 47.6 Å². The molecule has 4 aliphatic carbocycles. The molecular weight excluding hydrogens is 472 g/mol. The third kappa shape index (κ3) is 4.66. The number of aliphatic hydroxyl groups is 1. The van der Waals surface area contributed by atoms with E-state index in [1.54, 1.807) is 5.57 Å². The number of rotatable bonds is 6. The maximum Gasteiger partial charge on any atom is 0.192 e. The van der Waals surface area contributed by atoms with E-state index in [-0.39, 0.29) is 5.04 Å². The van der Waals surface area contributed by atoms with Crippen molar-refractivity contribution in [2.24, 2.45) is 46.3 Å². The minimum absolute atomic E-state index is 0.281. The van der Waals surface area contributed by atoms with Crippen molar-refractivity contribution >= 4 is 8.32 Å². The molecule has 0 bridgehead atoms. The van der Waals surface area contributed by atoms with Gasteiger partial charge in [0.2, 0.25) is 0 Å². The Morgan fingerprint density at radius 1 is 1.16 bits per heavy atom. The summed E-state index contributed by atoms with van der Waals surface area (Å²) in [6, 6.07) is 0. The summed E-state index contributed by atoms with van der Waals surface area (Å²) in [6.45, 7) is 22.2. The first-order valence-corrected chi connectivity index (χ1v) is 18.8. The molecule has 5 rings (SSSR count). The van der Waals surface area contributed by atoms with Gasteiger partial charge >= 0.3 is 0 Å². The van der Waals surface area contributed by atoms with Crippen molar-refractivity contribution in [1.29, 1.82) is 0 Å². The average molecular weight is 531 g/mol. The summed E-state index contributed by atoms with van der Waals surface area (Å²) in [6.07, 6.45) is 15.3. The Morgan fingerprint density at radius 2 is 1.89 bits per heavy atom. The monoisotopic (exact) mass is 530 g/mol. The SMILES string of the molecule is C[C@@H](CO)CC[C@H]1O[C@H]2C[C@H]3[C@@H]4CC=C5C[C@@H](O[Si](C)(C)C(C)(C)C)CC[C@]5(C)[C@H]4CC[C@]3(C)[C@H]2[C@@H]1C. The first-order chi connectivity index (χ1) is 17.2. The second-order valence-electron chi connectivity index (χ2n) is 16.2. The van der Waals surface area contributed by atoms with Gasteiger partial charge in [-0.1, -0.05) is 60.1 Å². The van der Waals surface area contributed by atoms with E-state index in [0.717, 1.165) is 36.5 Å². The molecule has 0 aromatic rings. The number of fused-ring (bicyclic) bond motifs is 7. The Hall–Kier alpha value is -0.163. The van der Waals surface area contributed by atoms with E-state index in [1.807, 2.05) is 0 Å². The van der Waals surface area contributed by atoms with Crippen molar-refractivity contribution < 1.29 is 14.3 Å². The van der Waals surface area contributed by atoms with Crippen molar-refractivity contribution in [1.82, 2.24) is 0 Å². The highest BCUT2D eigenvalue weighted by Gasteiger charge is 2.65. The minimum Gasteiger partial charge on any atom is -0.414 e. The second kappa shape index (κ2) is 9.74. The van der Waals surface area contributed by atoms with Crippen LogP contribution in [0.25, 0.3) is 0 Å². The van der Waals surface area contributed by atoms with Crippen LogP contribution in [0.15, 0.2) is 11.6 Å². The summed E-state index contributed by atoms with van der Waals surface area (Å²) in [4.78, 5) is 0. The smallest absolute Gasteiger partial charge is 0.192 e.